The van der Waals surface area contributed by atoms with Gasteiger partial charge in [-0.05, 0) is 12.3 Å². The molecule has 0 saturated heterocycles. The van der Waals surface area contributed by atoms with Gasteiger partial charge in [0.05, 0.1) is 6.54 Å². The maximum absolute atomic E-state index is 3.07. The second-order valence-corrected chi connectivity index (χ2v) is 4.24. The van der Waals surface area contributed by atoms with Gasteiger partial charge in [-0.1, -0.05) is 39.5 Å². The highest BCUT2D eigenvalue weighted by atomic mass is 15.0. The zero-order valence-electron chi connectivity index (χ0n) is 9.50. The van der Waals surface area contributed by atoms with Crippen LogP contribution < -0.4 is 4.57 Å². The van der Waals surface area contributed by atoms with Gasteiger partial charge in [0.2, 0.25) is 6.33 Å². The summed E-state index contributed by atoms with van der Waals surface area (Å²) in [5, 5.41) is 0. The van der Waals surface area contributed by atoms with Crippen molar-refractivity contribution in [1.29, 1.82) is 0 Å². The van der Waals surface area contributed by atoms with Gasteiger partial charge in [-0.2, -0.15) is 0 Å². The quantitative estimate of drug-likeness (QED) is 0.510. The number of aryl methyl sites for hydroxylation is 1. The molecule has 14 heavy (non-hydrogen) atoms. The first kappa shape index (κ1) is 11.3. The molecule has 0 aliphatic rings. The molecule has 1 unspecified atom stereocenters. The van der Waals surface area contributed by atoms with Gasteiger partial charge < -0.3 is 0 Å². The molecule has 2 heteroatoms. The van der Waals surface area contributed by atoms with E-state index in [1.807, 2.05) is 12.5 Å². The minimum absolute atomic E-state index is 0.865. The maximum atomic E-state index is 3.07. The number of unbranched alkanes of at least 4 members (excludes halogenated alkanes) is 2. The molecule has 1 atom stereocenters. The molecular weight excluding hydrogens is 172 g/mol. The minimum Gasteiger partial charge on any atom is -0.250 e. The van der Waals surface area contributed by atoms with Gasteiger partial charge >= 0.3 is 0 Å². The lowest BCUT2D eigenvalue weighted by Gasteiger charge is -2.08. The number of H-pyrrole nitrogens is 1. The molecule has 1 N–H and O–H groups in total. The predicted molar refractivity (Wildman–Crippen MR) is 58.9 cm³/mol. The summed E-state index contributed by atoms with van der Waals surface area (Å²) in [6, 6.07) is 0. The van der Waals surface area contributed by atoms with Gasteiger partial charge in [0.15, 0.2) is 0 Å². The molecule has 1 aromatic rings. The van der Waals surface area contributed by atoms with Crippen LogP contribution >= 0.6 is 0 Å². The molecule has 1 aromatic heterocycles. The number of rotatable bonds is 7. The molecule has 1 rings (SSSR count). The third-order valence-electron chi connectivity index (χ3n) is 2.78. The van der Waals surface area contributed by atoms with E-state index >= 15 is 0 Å². The number of hydrogen-bond donors (Lipinski definition) is 1. The maximum Gasteiger partial charge on any atom is 0.241 e. The van der Waals surface area contributed by atoms with E-state index in [-0.39, 0.29) is 0 Å². The number of nitrogens with zero attached hydrogens (tertiary/aromatic N) is 1. The average molecular weight is 195 g/mol. The second kappa shape index (κ2) is 6.63. The van der Waals surface area contributed by atoms with Crippen LogP contribution in [0.5, 0.6) is 0 Å². The van der Waals surface area contributed by atoms with Gasteiger partial charge in [0, 0.05) is 0 Å². The van der Waals surface area contributed by atoms with Crippen LogP contribution in [-0.2, 0) is 6.54 Å². The molecule has 0 radical (unpaired) electrons. The zero-order valence-corrected chi connectivity index (χ0v) is 9.50. The van der Waals surface area contributed by atoms with E-state index in [0.29, 0.717) is 0 Å². The Hall–Kier alpha value is -0.790. The molecule has 2 nitrogen and oxygen atoms in total. The van der Waals surface area contributed by atoms with Crippen molar-refractivity contribution in [3.05, 3.63) is 18.7 Å². The third kappa shape index (κ3) is 4.45. The monoisotopic (exact) mass is 195 g/mol. The second-order valence-electron chi connectivity index (χ2n) is 4.24. The smallest absolute Gasteiger partial charge is 0.241 e. The summed E-state index contributed by atoms with van der Waals surface area (Å²) in [5.41, 5.74) is 0. The molecule has 0 aromatic carbocycles. The topological polar surface area (TPSA) is 19.7 Å². The van der Waals surface area contributed by atoms with Crippen LogP contribution in [-0.4, -0.2) is 4.98 Å². The van der Waals surface area contributed by atoms with E-state index < -0.39 is 0 Å². The summed E-state index contributed by atoms with van der Waals surface area (Å²) in [6.07, 6.45) is 12.9. The van der Waals surface area contributed by atoms with Crippen molar-refractivity contribution in [3.63, 3.8) is 0 Å². The molecule has 0 fully saturated rings. The molecule has 0 aliphatic carbocycles. The lowest BCUT2D eigenvalue weighted by Crippen LogP contribution is -2.31. The van der Waals surface area contributed by atoms with E-state index in [2.05, 4.69) is 29.6 Å². The summed E-state index contributed by atoms with van der Waals surface area (Å²) >= 11 is 0. The van der Waals surface area contributed by atoms with Crippen molar-refractivity contribution < 1.29 is 4.57 Å². The summed E-state index contributed by atoms with van der Waals surface area (Å²) in [4.78, 5) is 3.07. The third-order valence-corrected chi connectivity index (χ3v) is 2.78. The predicted octanol–water partition coefficient (Wildman–Crippen LogP) is 2.91. The summed E-state index contributed by atoms with van der Waals surface area (Å²) in [6.45, 7) is 5.78. The molecule has 80 valence electrons. The number of aromatic nitrogens is 2. The Morgan fingerprint density at radius 2 is 2.14 bits per heavy atom. The van der Waals surface area contributed by atoms with Crippen molar-refractivity contribution in [1.82, 2.24) is 4.98 Å². The van der Waals surface area contributed by atoms with Crippen LogP contribution in [0.3, 0.4) is 0 Å². The Kier molecular flexibility index (Phi) is 5.35. The first-order valence-electron chi connectivity index (χ1n) is 5.84. The molecule has 1 heterocycles. The highest BCUT2D eigenvalue weighted by molar-refractivity contribution is 4.56. The number of hydrogen-bond acceptors (Lipinski definition) is 0. The van der Waals surface area contributed by atoms with Crippen LogP contribution in [0.1, 0.15) is 46.0 Å². The van der Waals surface area contributed by atoms with Gasteiger partial charge in [0.25, 0.3) is 0 Å². The van der Waals surface area contributed by atoms with E-state index in [9.17, 15) is 0 Å². The number of aromatic amines is 1. The van der Waals surface area contributed by atoms with Gasteiger partial charge in [-0.15, -0.1) is 0 Å². The first-order chi connectivity index (χ1) is 6.83. The lowest BCUT2D eigenvalue weighted by atomic mass is 10.00. The van der Waals surface area contributed by atoms with Gasteiger partial charge in [0.1, 0.15) is 12.4 Å². The summed E-state index contributed by atoms with van der Waals surface area (Å²) in [7, 11) is 0. The van der Waals surface area contributed by atoms with Crippen LogP contribution in [0.2, 0.25) is 0 Å². The van der Waals surface area contributed by atoms with E-state index in [1.165, 1.54) is 32.1 Å². The van der Waals surface area contributed by atoms with Crippen molar-refractivity contribution in [2.24, 2.45) is 5.92 Å². The van der Waals surface area contributed by atoms with Crippen LogP contribution in [0.25, 0.3) is 0 Å². The normalized spacial score (nSPS) is 13.0. The Bertz CT molecular complexity index is 216. The van der Waals surface area contributed by atoms with Crippen LogP contribution in [0, 0.1) is 5.92 Å². The molecular formula is C12H23N2+. The largest absolute Gasteiger partial charge is 0.250 e. The Morgan fingerprint density at radius 1 is 1.29 bits per heavy atom. The highest BCUT2D eigenvalue weighted by Gasteiger charge is 2.04. The van der Waals surface area contributed by atoms with Crippen LogP contribution in [0.4, 0.5) is 0 Å². The van der Waals surface area contributed by atoms with Crippen molar-refractivity contribution in [2.45, 2.75) is 52.5 Å². The first-order valence-corrected chi connectivity index (χ1v) is 5.84. The van der Waals surface area contributed by atoms with E-state index in [0.717, 1.165) is 12.5 Å². The standard InChI is InChI=1S/C12H22N2/c1-3-4-5-6-12(2)7-9-14-10-8-13-11-14/h8,10-12H,3-7,9H2,1-2H3/p+1. The minimum atomic E-state index is 0.865. The fourth-order valence-corrected chi connectivity index (χ4v) is 1.72. The fraction of sp³-hybridized carbons (Fsp3) is 0.750. The number of imidazole rings is 1. The molecule has 0 aliphatic heterocycles. The molecule has 0 amide bonds. The Labute approximate surface area is 87.4 Å². The van der Waals surface area contributed by atoms with Crippen LogP contribution in [0.15, 0.2) is 18.7 Å². The number of nitrogens with one attached hydrogen (secondary N) is 1. The molecule has 0 bridgehead atoms. The van der Waals surface area contributed by atoms with Gasteiger partial charge in [-0.3, -0.25) is 4.98 Å². The SMILES string of the molecule is CCCCCC(C)CC[n+]1cc[nH]c1. The zero-order chi connectivity index (χ0) is 10.2. The van der Waals surface area contributed by atoms with Gasteiger partial charge in [-0.25, -0.2) is 4.57 Å². The Balaban J connectivity index is 2.06. The summed E-state index contributed by atoms with van der Waals surface area (Å²) < 4.78 is 2.22. The fourth-order valence-electron chi connectivity index (χ4n) is 1.72. The van der Waals surface area contributed by atoms with E-state index in [4.69, 9.17) is 0 Å². The lowest BCUT2D eigenvalue weighted by molar-refractivity contribution is -0.696. The Morgan fingerprint density at radius 3 is 2.79 bits per heavy atom. The average Bonchev–Trinajstić information content (AvgIpc) is 2.68. The van der Waals surface area contributed by atoms with E-state index in [1.54, 1.807) is 0 Å². The summed E-state index contributed by atoms with van der Waals surface area (Å²) in [5.74, 6) is 0.865. The van der Waals surface area contributed by atoms with Crippen molar-refractivity contribution in [2.75, 3.05) is 0 Å². The molecule has 0 spiro atoms. The van der Waals surface area contributed by atoms with Crippen molar-refractivity contribution in [3.8, 4) is 0 Å². The van der Waals surface area contributed by atoms with Crippen molar-refractivity contribution >= 4 is 0 Å². The highest BCUT2D eigenvalue weighted by Crippen LogP contribution is 2.12. The molecule has 0 saturated carbocycles.